The maximum absolute atomic E-state index is 12.5. The monoisotopic (exact) mass is 648 g/mol. The quantitative estimate of drug-likeness (QED) is 0.0797. The van der Waals surface area contributed by atoms with Gasteiger partial charge in [0.2, 0.25) is 0 Å². The van der Waals surface area contributed by atoms with E-state index in [9.17, 15) is 4.79 Å². The van der Waals surface area contributed by atoms with Crippen molar-refractivity contribution in [1.82, 2.24) is 0 Å². The Morgan fingerprint density at radius 2 is 1.57 bits per heavy atom. The molecular weight excluding hydrogens is 585 g/mol. The summed E-state index contributed by atoms with van der Waals surface area (Å²) in [5, 5.41) is 0.0419. The fraction of sp³-hybridized carbons (Fsp3) is 0.694. The van der Waals surface area contributed by atoms with Crippen LogP contribution in [0.2, 0.25) is 36.3 Å². The molecule has 8 heteroatoms. The Morgan fingerprint density at radius 3 is 2.05 bits per heavy atom. The minimum absolute atomic E-state index is 0.0419. The smallest absolute Gasteiger partial charge is 0.192 e. The molecule has 0 amide bonds. The number of hydrogen-bond donors (Lipinski definition) is 0. The van der Waals surface area contributed by atoms with Crippen molar-refractivity contribution in [3.8, 4) is 11.5 Å². The van der Waals surface area contributed by atoms with Crippen LogP contribution in [0.25, 0.3) is 0 Å². The first-order chi connectivity index (χ1) is 20.6. The van der Waals surface area contributed by atoms with Gasteiger partial charge in [-0.25, -0.2) is 0 Å². The number of rotatable bonds is 20. The molecule has 1 aromatic rings. The number of aldehydes is 1. The summed E-state index contributed by atoms with van der Waals surface area (Å²) in [5.41, 5.74) is 2.12. The van der Waals surface area contributed by atoms with Crippen molar-refractivity contribution in [3.05, 3.63) is 47.6 Å². The fourth-order valence-electron chi connectivity index (χ4n) is 5.44. The Bertz CT molecular complexity index is 1050. The molecule has 44 heavy (non-hydrogen) atoms. The highest BCUT2D eigenvalue weighted by Crippen LogP contribution is 2.39. The first-order valence-corrected chi connectivity index (χ1v) is 21.9. The van der Waals surface area contributed by atoms with Gasteiger partial charge in [-0.2, -0.15) is 0 Å². The van der Waals surface area contributed by atoms with Gasteiger partial charge in [-0.15, -0.1) is 0 Å². The van der Waals surface area contributed by atoms with Crippen molar-refractivity contribution in [2.45, 2.75) is 124 Å². The van der Waals surface area contributed by atoms with Crippen LogP contribution in [-0.4, -0.2) is 56.0 Å². The predicted molar refractivity (Wildman–Crippen MR) is 190 cm³/mol. The predicted octanol–water partition coefficient (Wildman–Crippen LogP) is 9.61. The molecule has 0 aliphatic carbocycles. The zero-order valence-corrected chi connectivity index (χ0v) is 32.4. The zero-order valence-electron chi connectivity index (χ0n) is 30.4. The first-order valence-electron chi connectivity index (χ1n) is 16.5. The van der Waals surface area contributed by atoms with Gasteiger partial charge in [-0.3, -0.25) is 0 Å². The van der Waals surface area contributed by atoms with Crippen LogP contribution in [0.4, 0.5) is 0 Å². The molecule has 0 heterocycles. The minimum Gasteiger partial charge on any atom is -0.493 e. The highest BCUT2D eigenvalue weighted by atomic mass is 28.4. The molecule has 5 atom stereocenters. The Kier molecular flexibility index (Phi) is 16.9. The van der Waals surface area contributed by atoms with Crippen molar-refractivity contribution >= 4 is 22.9 Å². The van der Waals surface area contributed by atoms with E-state index in [0.29, 0.717) is 24.7 Å². The van der Waals surface area contributed by atoms with Gasteiger partial charge in [0.1, 0.15) is 6.29 Å². The number of ether oxygens (including phenoxy) is 3. The molecule has 0 saturated heterocycles. The molecule has 0 bridgehead atoms. The number of carbonyl (C=O) groups excluding carboxylic acids is 1. The van der Waals surface area contributed by atoms with Gasteiger partial charge in [-0.05, 0) is 79.3 Å². The average Bonchev–Trinajstić information content (AvgIpc) is 2.99. The van der Waals surface area contributed by atoms with E-state index >= 15 is 0 Å². The van der Waals surface area contributed by atoms with Crippen LogP contribution in [0, 0.1) is 17.8 Å². The standard InChI is InChI=1S/C36H64O6Si2/c1-15-19-27(5)22-28(6)35(42-44(16-2,17-3)18-4)31(26-41-43(13,14)36(8,9)10)34(29(7)24-37)40-25-30-20-21-32(38-11)33(23-30)39-12/h15,19-24,27,29,31,34-35H,16-18,25-26H2,1-14H3/b19-15-,28-22+/t27-,29+,31-,34-,35+/m0/s1. The van der Waals surface area contributed by atoms with Crippen molar-refractivity contribution in [2.24, 2.45) is 17.8 Å². The van der Waals surface area contributed by atoms with E-state index in [1.807, 2.05) is 25.1 Å². The second kappa shape index (κ2) is 18.4. The summed E-state index contributed by atoms with van der Waals surface area (Å²) in [6, 6.07) is 8.90. The van der Waals surface area contributed by atoms with Crippen LogP contribution in [0.3, 0.4) is 0 Å². The molecule has 0 fully saturated rings. The normalized spacial score (nSPS) is 16.8. The first kappa shape index (κ1) is 40.3. The highest BCUT2D eigenvalue weighted by Gasteiger charge is 2.44. The van der Waals surface area contributed by atoms with Crippen molar-refractivity contribution in [3.63, 3.8) is 0 Å². The van der Waals surface area contributed by atoms with E-state index in [-0.39, 0.29) is 28.9 Å². The van der Waals surface area contributed by atoms with Crippen molar-refractivity contribution in [2.75, 3.05) is 20.8 Å². The van der Waals surface area contributed by atoms with Crippen LogP contribution in [-0.2, 0) is 25.0 Å². The Morgan fingerprint density at radius 1 is 0.977 bits per heavy atom. The lowest BCUT2D eigenvalue weighted by Gasteiger charge is -2.44. The summed E-state index contributed by atoms with van der Waals surface area (Å²) in [4.78, 5) is 12.5. The molecule has 252 valence electrons. The third-order valence-corrected chi connectivity index (χ3v) is 18.8. The third-order valence-electron chi connectivity index (χ3n) is 9.66. The molecule has 0 aromatic heterocycles. The molecule has 0 radical (unpaired) electrons. The molecule has 0 aliphatic rings. The molecule has 1 aromatic carbocycles. The van der Waals surface area contributed by atoms with Gasteiger partial charge < -0.3 is 27.9 Å². The molecule has 0 spiro atoms. The third kappa shape index (κ3) is 11.3. The highest BCUT2D eigenvalue weighted by molar-refractivity contribution is 6.74. The van der Waals surface area contributed by atoms with E-state index < -0.39 is 22.7 Å². The van der Waals surface area contributed by atoms with Gasteiger partial charge in [0, 0.05) is 18.4 Å². The molecule has 0 unspecified atom stereocenters. The zero-order chi connectivity index (χ0) is 33.7. The Balaban J connectivity index is 3.80. The molecule has 1 rings (SSSR count). The number of allylic oxidation sites excluding steroid dienone is 3. The van der Waals surface area contributed by atoms with Gasteiger partial charge in [0.15, 0.2) is 28.1 Å². The van der Waals surface area contributed by atoms with Crippen LogP contribution >= 0.6 is 0 Å². The van der Waals surface area contributed by atoms with E-state index in [1.165, 1.54) is 5.57 Å². The second-order valence-corrected chi connectivity index (χ2v) is 23.3. The van der Waals surface area contributed by atoms with Crippen LogP contribution < -0.4 is 9.47 Å². The van der Waals surface area contributed by atoms with Crippen LogP contribution in [0.1, 0.15) is 74.8 Å². The topological polar surface area (TPSA) is 63.2 Å². The number of carbonyl (C=O) groups is 1. The Hall–Kier alpha value is -1.72. The number of hydrogen-bond acceptors (Lipinski definition) is 6. The summed E-state index contributed by atoms with van der Waals surface area (Å²) < 4.78 is 32.1. The SMILES string of the molecule is C/C=C\[C@H](C)/C=C(\C)[C@@H](O[Si](CC)(CC)CC)[C@@H](CO[Si](C)(C)C(C)(C)C)[C@@H](OCc1ccc(OC)c(OC)c1)[C@H](C)C=O. The van der Waals surface area contributed by atoms with Crippen LogP contribution in [0.5, 0.6) is 11.5 Å². The summed E-state index contributed by atoms with van der Waals surface area (Å²) in [6.45, 7) is 27.3. The van der Waals surface area contributed by atoms with Gasteiger partial charge >= 0.3 is 0 Å². The lowest BCUT2D eigenvalue weighted by molar-refractivity contribution is -0.122. The average molecular weight is 649 g/mol. The van der Waals surface area contributed by atoms with Crippen LogP contribution in [0.15, 0.2) is 42.0 Å². The van der Waals surface area contributed by atoms with E-state index in [0.717, 1.165) is 30.0 Å². The second-order valence-electron chi connectivity index (χ2n) is 13.8. The summed E-state index contributed by atoms with van der Waals surface area (Å²) in [6.07, 6.45) is 6.95. The van der Waals surface area contributed by atoms with Gasteiger partial charge in [0.05, 0.1) is 33.0 Å². The maximum atomic E-state index is 12.5. The molecule has 0 aliphatic heterocycles. The fourth-order valence-corrected chi connectivity index (χ4v) is 9.38. The molecular formula is C36H64O6Si2. The minimum atomic E-state index is -2.13. The molecule has 6 nitrogen and oxygen atoms in total. The number of benzene rings is 1. The largest absolute Gasteiger partial charge is 0.493 e. The Labute approximate surface area is 272 Å². The number of methoxy groups -OCH3 is 2. The summed E-state index contributed by atoms with van der Waals surface area (Å²) >= 11 is 0. The summed E-state index contributed by atoms with van der Waals surface area (Å²) in [5.74, 6) is 1.02. The molecule has 0 saturated carbocycles. The lowest BCUT2D eigenvalue weighted by Crippen LogP contribution is -2.51. The lowest BCUT2D eigenvalue weighted by atomic mass is 9.85. The van der Waals surface area contributed by atoms with E-state index in [4.69, 9.17) is 23.1 Å². The van der Waals surface area contributed by atoms with Crippen molar-refractivity contribution in [1.29, 1.82) is 0 Å². The van der Waals surface area contributed by atoms with Crippen molar-refractivity contribution < 1.29 is 27.9 Å². The van der Waals surface area contributed by atoms with Gasteiger partial charge in [0.25, 0.3) is 0 Å². The molecule has 0 N–H and O–H groups in total. The maximum Gasteiger partial charge on any atom is 0.192 e. The van der Waals surface area contributed by atoms with E-state index in [1.54, 1.807) is 14.2 Å². The van der Waals surface area contributed by atoms with E-state index in [2.05, 4.69) is 93.6 Å². The van der Waals surface area contributed by atoms with Gasteiger partial charge in [-0.1, -0.05) is 79.7 Å². The summed E-state index contributed by atoms with van der Waals surface area (Å²) in [7, 11) is -0.934.